The van der Waals surface area contributed by atoms with Gasteiger partial charge in [-0.05, 0) is 50.3 Å². The largest absolute Gasteiger partial charge is 0.440 e. The first-order chi connectivity index (χ1) is 11.6. The molecule has 0 aromatic carbocycles. The molecule has 0 amide bonds. The number of oxazole rings is 1. The molecule has 0 atom stereocenters. The second-order valence-electron chi connectivity index (χ2n) is 6.52. The summed E-state index contributed by atoms with van der Waals surface area (Å²) >= 11 is 1.69. The minimum absolute atomic E-state index is 0.755. The highest BCUT2D eigenvalue weighted by atomic mass is 32.1. The van der Waals surface area contributed by atoms with E-state index in [9.17, 15) is 0 Å². The van der Waals surface area contributed by atoms with Gasteiger partial charge in [0.2, 0.25) is 5.89 Å². The molecular weight excluding hydrogens is 320 g/mol. The summed E-state index contributed by atoms with van der Waals surface area (Å²) in [5.74, 6) is 1.68. The maximum absolute atomic E-state index is 5.94. The zero-order valence-electron chi connectivity index (χ0n) is 14.4. The molecule has 126 valence electrons. The van der Waals surface area contributed by atoms with Crippen molar-refractivity contribution in [1.29, 1.82) is 0 Å². The van der Waals surface area contributed by atoms with Gasteiger partial charge >= 0.3 is 0 Å². The molecule has 3 aromatic heterocycles. The maximum atomic E-state index is 5.94. The van der Waals surface area contributed by atoms with Crippen molar-refractivity contribution >= 4 is 11.3 Å². The zero-order chi connectivity index (χ0) is 16.7. The Bertz CT molecular complexity index is 860. The fourth-order valence-corrected chi connectivity index (χ4v) is 4.13. The topological polar surface area (TPSA) is 47.1 Å². The third-order valence-corrected chi connectivity index (χ3v) is 5.54. The van der Waals surface area contributed by atoms with Crippen LogP contribution >= 0.6 is 11.3 Å². The summed E-state index contributed by atoms with van der Waals surface area (Å²) in [5.41, 5.74) is 4.66. The third-order valence-electron chi connectivity index (χ3n) is 4.54. The van der Waals surface area contributed by atoms with Crippen LogP contribution in [-0.2, 0) is 19.6 Å². The van der Waals surface area contributed by atoms with E-state index in [0.29, 0.717) is 0 Å². The van der Waals surface area contributed by atoms with E-state index in [1.165, 1.54) is 11.3 Å². The summed E-state index contributed by atoms with van der Waals surface area (Å²) in [6, 6.07) is 4.30. The van der Waals surface area contributed by atoms with Crippen LogP contribution in [0.15, 0.2) is 21.9 Å². The van der Waals surface area contributed by atoms with Crippen molar-refractivity contribution in [2.45, 2.75) is 46.8 Å². The molecule has 3 aromatic rings. The average molecular weight is 342 g/mol. The maximum Gasteiger partial charge on any atom is 0.237 e. The van der Waals surface area contributed by atoms with Gasteiger partial charge in [0.25, 0.3) is 0 Å². The Kier molecular flexibility index (Phi) is 4.02. The monoisotopic (exact) mass is 342 g/mol. The molecule has 0 bridgehead atoms. The summed E-state index contributed by atoms with van der Waals surface area (Å²) in [4.78, 5) is 8.35. The van der Waals surface area contributed by atoms with Gasteiger partial charge in [0, 0.05) is 26.2 Å². The SMILES string of the molecule is Cc1cc2n(n1)CCCN(Cc1nc(-c3sccc3C)oc1C)C2. The van der Waals surface area contributed by atoms with Gasteiger partial charge < -0.3 is 4.42 Å². The lowest BCUT2D eigenvalue weighted by Gasteiger charge is -2.18. The lowest BCUT2D eigenvalue weighted by Crippen LogP contribution is -2.23. The van der Waals surface area contributed by atoms with E-state index in [1.807, 2.05) is 6.92 Å². The van der Waals surface area contributed by atoms with Crippen molar-refractivity contribution in [1.82, 2.24) is 19.7 Å². The van der Waals surface area contributed by atoms with Crippen LogP contribution in [0.1, 0.15) is 34.8 Å². The summed E-state index contributed by atoms with van der Waals surface area (Å²) < 4.78 is 8.09. The Balaban J connectivity index is 1.55. The fraction of sp³-hybridized carbons (Fsp3) is 0.444. The van der Waals surface area contributed by atoms with Crippen LogP contribution in [0.3, 0.4) is 0 Å². The van der Waals surface area contributed by atoms with Crippen molar-refractivity contribution < 1.29 is 4.42 Å². The molecule has 0 saturated carbocycles. The van der Waals surface area contributed by atoms with Gasteiger partial charge in [-0.1, -0.05) is 0 Å². The minimum atomic E-state index is 0.755. The molecule has 6 heteroatoms. The van der Waals surface area contributed by atoms with E-state index >= 15 is 0 Å². The van der Waals surface area contributed by atoms with Gasteiger partial charge in [0.05, 0.1) is 22.0 Å². The predicted octanol–water partition coefficient (Wildman–Crippen LogP) is 3.93. The molecule has 4 rings (SSSR count). The number of aryl methyl sites for hydroxylation is 4. The number of aromatic nitrogens is 3. The van der Waals surface area contributed by atoms with Gasteiger partial charge in [0.1, 0.15) is 5.76 Å². The van der Waals surface area contributed by atoms with E-state index in [1.54, 1.807) is 11.3 Å². The van der Waals surface area contributed by atoms with Crippen LogP contribution in [0, 0.1) is 20.8 Å². The zero-order valence-corrected chi connectivity index (χ0v) is 15.2. The summed E-state index contributed by atoms with van der Waals surface area (Å²) in [6.07, 6.45) is 1.11. The van der Waals surface area contributed by atoms with Crippen LogP contribution in [0.2, 0.25) is 0 Å². The Hall–Kier alpha value is -1.92. The standard InChI is InChI=1S/C18H22N4OS/c1-12-5-8-24-17(12)18-19-16(14(3)23-18)11-21-6-4-7-22-15(10-21)9-13(2)20-22/h5,8-9H,4,6-7,10-11H2,1-3H3. The first kappa shape index (κ1) is 15.6. The van der Waals surface area contributed by atoms with Crippen LogP contribution in [0.5, 0.6) is 0 Å². The van der Waals surface area contributed by atoms with E-state index in [-0.39, 0.29) is 0 Å². The molecule has 5 nitrogen and oxygen atoms in total. The van der Waals surface area contributed by atoms with Gasteiger partial charge in [-0.25, -0.2) is 4.98 Å². The minimum Gasteiger partial charge on any atom is -0.440 e. The van der Waals surface area contributed by atoms with Crippen molar-refractivity contribution in [2.24, 2.45) is 0 Å². The van der Waals surface area contributed by atoms with Gasteiger partial charge in [-0.15, -0.1) is 11.3 Å². The highest BCUT2D eigenvalue weighted by molar-refractivity contribution is 7.13. The van der Waals surface area contributed by atoms with Crippen LogP contribution in [-0.4, -0.2) is 26.2 Å². The first-order valence-electron chi connectivity index (χ1n) is 8.36. The number of hydrogen-bond acceptors (Lipinski definition) is 5. The Morgan fingerprint density at radius 2 is 2.12 bits per heavy atom. The summed E-state index contributed by atoms with van der Waals surface area (Å²) in [7, 11) is 0. The Labute approximate surface area is 145 Å². The van der Waals surface area contributed by atoms with Gasteiger partial charge in [-0.2, -0.15) is 5.10 Å². The number of thiophene rings is 1. The predicted molar refractivity (Wildman–Crippen MR) is 95.0 cm³/mol. The molecule has 1 aliphatic heterocycles. The van der Waals surface area contributed by atoms with E-state index < -0.39 is 0 Å². The smallest absolute Gasteiger partial charge is 0.237 e. The number of rotatable bonds is 3. The quantitative estimate of drug-likeness (QED) is 0.723. The van der Waals surface area contributed by atoms with Gasteiger partial charge in [-0.3, -0.25) is 9.58 Å². The lowest BCUT2D eigenvalue weighted by atomic mass is 10.3. The highest BCUT2D eigenvalue weighted by Gasteiger charge is 2.20. The van der Waals surface area contributed by atoms with Crippen LogP contribution in [0.25, 0.3) is 10.8 Å². The molecule has 0 unspecified atom stereocenters. The number of fused-ring (bicyclic) bond motifs is 1. The second kappa shape index (κ2) is 6.18. The van der Waals surface area contributed by atoms with Crippen molar-refractivity contribution in [2.75, 3.05) is 6.54 Å². The average Bonchev–Trinajstić information content (AvgIpc) is 3.17. The van der Waals surface area contributed by atoms with Gasteiger partial charge in [0.15, 0.2) is 0 Å². The van der Waals surface area contributed by atoms with E-state index in [4.69, 9.17) is 9.40 Å². The highest BCUT2D eigenvalue weighted by Crippen LogP contribution is 2.30. The molecule has 0 spiro atoms. The molecular formula is C18H22N4OS. The molecule has 1 aliphatic rings. The molecule has 0 fully saturated rings. The fourth-order valence-electron chi connectivity index (χ4n) is 3.28. The summed E-state index contributed by atoms with van der Waals surface area (Å²) in [5, 5.41) is 6.66. The lowest BCUT2D eigenvalue weighted by molar-refractivity contribution is 0.257. The number of nitrogens with zero attached hydrogens (tertiary/aromatic N) is 4. The molecule has 24 heavy (non-hydrogen) atoms. The normalized spacial score (nSPS) is 15.5. The van der Waals surface area contributed by atoms with Crippen LogP contribution in [0.4, 0.5) is 0 Å². The first-order valence-corrected chi connectivity index (χ1v) is 9.24. The Morgan fingerprint density at radius 3 is 2.92 bits per heavy atom. The van der Waals surface area contributed by atoms with Crippen molar-refractivity contribution in [3.8, 4) is 10.8 Å². The van der Waals surface area contributed by atoms with Crippen molar-refractivity contribution in [3.05, 3.63) is 45.9 Å². The third kappa shape index (κ3) is 2.91. The van der Waals surface area contributed by atoms with E-state index in [2.05, 4.69) is 46.0 Å². The van der Waals surface area contributed by atoms with Crippen molar-refractivity contribution in [3.63, 3.8) is 0 Å². The molecule has 0 N–H and O–H groups in total. The van der Waals surface area contributed by atoms with Crippen LogP contribution < -0.4 is 0 Å². The molecule has 0 saturated heterocycles. The second-order valence-corrected chi connectivity index (χ2v) is 7.44. The summed E-state index contributed by atoms with van der Waals surface area (Å²) in [6.45, 7) is 9.97. The molecule has 4 heterocycles. The molecule has 0 radical (unpaired) electrons. The number of hydrogen-bond donors (Lipinski definition) is 0. The Morgan fingerprint density at radius 1 is 1.25 bits per heavy atom. The van der Waals surface area contributed by atoms with E-state index in [0.717, 1.165) is 60.5 Å². The molecule has 0 aliphatic carbocycles.